The summed E-state index contributed by atoms with van der Waals surface area (Å²) in [6.45, 7) is 4.71. The average molecular weight is 499 g/mol. The van der Waals surface area contributed by atoms with E-state index in [2.05, 4.69) is 10.6 Å². The second-order valence-corrected chi connectivity index (χ2v) is 10.2. The van der Waals surface area contributed by atoms with Gasteiger partial charge in [-0.3, -0.25) is 9.59 Å². The highest BCUT2D eigenvalue weighted by Crippen LogP contribution is 2.46. The Bertz CT molecular complexity index is 1260. The van der Waals surface area contributed by atoms with Crippen LogP contribution in [0.2, 0.25) is 0 Å². The first kappa shape index (κ1) is 23.2. The molecule has 0 bridgehead atoms. The van der Waals surface area contributed by atoms with E-state index in [1.54, 1.807) is 34.4 Å². The third-order valence-corrected chi connectivity index (χ3v) is 8.00. The third kappa shape index (κ3) is 3.79. The van der Waals surface area contributed by atoms with E-state index in [1.807, 2.05) is 13.8 Å². The van der Waals surface area contributed by atoms with Gasteiger partial charge in [-0.1, -0.05) is 6.07 Å². The molecule has 2 N–H and O–H groups in total. The van der Waals surface area contributed by atoms with E-state index in [0.717, 1.165) is 31.5 Å². The Morgan fingerprint density at radius 3 is 2.80 bits per heavy atom. The molecule has 35 heavy (non-hydrogen) atoms. The summed E-state index contributed by atoms with van der Waals surface area (Å²) in [6, 6.07) is 4.77. The summed E-state index contributed by atoms with van der Waals surface area (Å²) in [5.41, 5.74) is 1.62. The van der Waals surface area contributed by atoms with Crippen molar-refractivity contribution in [2.45, 2.75) is 38.8 Å². The van der Waals surface area contributed by atoms with Crippen molar-refractivity contribution in [2.24, 2.45) is 0 Å². The first-order chi connectivity index (χ1) is 16.7. The van der Waals surface area contributed by atoms with Gasteiger partial charge in [0.1, 0.15) is 18.9 Å². The van der Waals surface area contributed by atoms with Gasteiger partial charge in [-0.15, -0.1) is 11.3 Å². The molecule has 1 saturated heterocycles. The summed E-state index contributed by atoms with van der Waals surface area (Å²) in [6.07, 6.45) is -0.0309. The molecule has 0 unspecified atom stereocenters. The van der Waals surface area contributed by atoms with Crippen molar-refractivity contribution >= 4 is 41.0 Å². The highest BCUT2D eigenvalue weighted by molar-refractivity contribution is 7.12. The van der Waals surface area contributed by atoms with E-state index in [0.29, 0.717) is 37.4 Å². The van der Waals surface area contributed by atoms with Gasteiger partial charge in [-0.2, -0.15) is 0 Å². The molecule has 1 atom stereocenters. The molecule has 1 aromatic carbocycles. The van der Waals surface area contributed by atoms with Crippen molar-refractivity contribution < 1.29 is 28.7 Å². The molecule has 0 saturated carbocycles. The van der Waals surface area contributed by atoms with Crippen LogP contribution in [0.15, 0.2) is 18.2 Å². The van der Waals surface area contributed by atoms with Crippen molar-refractivity contribution in [1.29, 1.82) is 0 Å². The number of hydrogen-bond acceptors (Lipinski definition) is 7. The first-order valence-electron chi connectivity index (χ1n) is 11.4. The summed E-state index contributed by atoms with van der Waals surface area (Å²) in [5, 5.41) is 5.18. The van der Waals surface area contributed by atoms with Crippen LogP contribution in [0.25, 0.3) is 0 Å². The second-order valence-electron chi connectivity index (χ2n) is 8.86. The maximum Gasteiger partial charge on any atom is 0.418 e. The lowest BCUT2D eigenvalue weighted by Gasteiger charge is -2.23. The maximum atomic E-state index is 13.5. The van der Waals surface area contributed by atoms with Crippen LogP contribution in [0.3, 0.4) is 0 Å². The van der Waals surface area contributed by atoms with Gasteiger partial charge in [-0.25, -0.2) is 14.5 Å². The number of thiophene rings is 1. The molecule has 1 spiro atoms. The number of amides is 5. The van der Waals surface area contributed by atoms with Crippen molar-refractivity contribution in [2.75, 3.05) is 32.1 Å². The maximum absolute atomic E-state index is 13.5. The van der Waals surface area contributed by atoms with Crippen LogP contribution in [-0.2, 0) is 32.9 Å². The van der Waals surface area contributed by atoms with Gasteiger partial charge in [0.25, 0.3) is 5.91 Å². The number of rotatable bonds is 3. The number of hydrogen-bond donors (Lipinski definition) is 2. The van der Waals surface area contributed by atoms with Crippen molar-refractivity contribution in [3.8, 4) is 5.75 Å². The number of benzene rings is 1. The number of anilines is 1. The monoisotopic (exact) mass is 498 g/mol. The van der Waals surface area contributed by atoms with Gasteiger partial charge in [0, 0.05) is 35.2 Å². The minimum Gasteiger partial charge on any atom is -0.490 e. The molecule has 5 rings (SSSR count). The number of fused-ring (bicyclic) bond motifs is 3. The summed E-state index contributed by atoms with van der Waals surface area (Å²) in [4.78, 5) is 55.6. The molecule has 2 aliphatic heterocycles. The lowest BCUT2D eigenvalue weighted by molar-refractivity contribution is -0.142. The molecular weight excluding hydrogens is 472 g/mol. The predicted octanol–water partition coefficient (Wildman–Crippen LogP) is 2.66. The van der Waals surface area contributed by atoms with E-state index >= 15 is 0 Å². The van der Waals surface area contributed by atoms with Crippen LogP contribution in [-0.4, -0.2) is 60.5 Å². The highest BCUT2D eigenvalue weighted by atomic mass is 32.1. The first-order valence-corrected chi connectivity index (χ1v) is 12.2. The average Bonchev–Trinajstić information content (AvgIpc) is 3.33. The molecule has 1 aliphatic carbocycles. The Hall–Kier alpha value is -3.60. The number of imide groups is 1. The van der Waals surface area contributed by atoms with Crippen LogP contribution < -0.4 is 15.4 Å². The quantitative estimate of drug-likeness (QED) is 0.672. The zero-order chi connectivity index (χ0) is 24.9. The molecule has 3 aliphatic rings. The van der Waals surface area contributed by atoms with E-state index in [4.69, 9.17) is 9.47 Å². The van der Waals surface area contributed by atoms with E-state index in [-0.39, 0.29) is 24.9 Å². The summed E-state index contributed by atoms with van der Waals surface area (Å²) < 4.78 is 11.5. The fraction of sp³-hybridized carbons (Fsp3) is 0.417. The Morgan fingerprint density at radius 2 is 2.03 bits per heavy atom. The smallest absolute Gasteiger partial charge is 0.418 e. The number of aryl methyl sites for hydroxylation is 2. The van der Waals surface area contributed by atoms with Gasteiger partial charge in [0.15, 0.2) is 0 Å². The van der Waals surface area contributed by atoms with Crippen LogP contribution in [0, 0.1) is 13.8 Å². The minimum absolute atomic E-state index is 0.287. The number of urea groups is 1. The molecule has 2 aromatic rings. The van der Waals surface area contributed by atoms with E-state index in [1.165, 1.54) is 7.05 Å². The Morgan fingerprint density at radius 1 is 1.23 bits per heavy atom. The Balaban J connectivity index is 1.33. The molecule has 1 fully saturated rings. The summed E-state index contributed by atoms with van der Waals surface area (Å²) in [5.74, 6) is -0.0433. The van der Waals surface area contributed by atoms with Gasteiger partial charge in [-0.05, 0) is 38.0 Å². The van der Waals surface area contributed by atoms with Gasteiger partial charge >= 0.3 is 12.1 Å². The molecule has 5 amide bonds. The molecule has 11 heteroatoms. The Labute approximate surface area is 206 Å². The molecule has 1 aromatic heterocycles. The lowest BCUT2D eigenvalue weighted by Crippen LogP contribution is -2.45. The molecular formula is C24H26N4O6S. The van der Waals surface area contributed by atoms with Gasteiger partial charge in [0.2, 0.25) is 11.5 Å². The topological polar surface area (TPSA) is 117 Å². The largest absolute Gasteiger partial charge is 0.490 e. The minimum atomic E-state index is -1.44. The zero-order valence-electron chi connectivity index (χ0n) is 19.7. The SMILES string of the molecule is CNC(=O)Nc1ccc2c(c1)CC[C@@]21OC(=O)N(CC(=O)N2CCOc3c(sc(C)c3C)C2)C1=O. The van der Waals surface area contributed by atoms with Crippen molar-refractivity contribution in [3.63, 3.8) is 0 Å². The standard InChI is InChI=1S/C24H26N4O6S/c1-13-14(2)35-18-11-27(8-9-33-20(13)18)19(29)12-28-21(30)24(34-23(28)32)7-6-15-10-16(4-5-17(15)24)26-22(31)25-3/h4-5,10H,6-9,11-12H2,1-3H3,(H2,25,26,31)/t24-/m1/s1. The molecule has 0 radical (unpaired) electrons. The third-order valence-electron chi connectivity index (χ3n) is 6.83. The van der Waals surface area contributed by atoms with Gasteiger partial charge < -0.3 is 25.0 Å². The summed E-state index contributed by atoms with van der Waals surface area (Å²) >= 11 is 1.59. The second kappa shape index (κ2) is 8.56. The fourth-order valence-corrected chi connectivity index (χ4v) is 5.99. The lowest BCUT2D eigenvalue weighted by atomic mass is 9.94. The normalized spacial score (nSPS) is 20.8. The van der Waals surface area contributed by atoms with Crippen molar-refractivity contribution in [1.82, 2.24) is 15.1 Å². The summed E-state index contributed by atoms with van der Waals surface area (Å²) in [7, 11) is 1.52. The van der Waals surface area contributed by atoms with E-state index < -0.39 is 17.6 Å². The molecule has 10 nitrogen and oxygen atoms in total. The number of carbonyl (C=O) groups is 4. The predicted molar refractivity (Wildman–Crippen MR) is 127 cm³/mol. The number of nitrogens with one attached hydrogen (secondary N) is 2. The van der Waals surface area contributed by atoms with E-state index in [9.17, 15) is 19.2 Å². The number of ether oxygens (including phenoxy) is 2. The fourth-order valence-electron chi connectivity index (χ4n) is 4.85. The molecule has 184 valence electrons. The van der Waals surface area contributed by atoms with Crippen LogP contribution in [0.5, 0.6) is 5.75 Å². The number of nitrogens with zero attached hydrogens (tertiary/aromatic N) is 2. The molecule has 3 heterocycles. The van der Waals surface area contributed by atoms with Crippen LogP contribution in [0.1, 0.15) is 32.9 Å². The van der Waals surface area contributed by atoms with Crippen LogP contribution >= 0.6 is 11.3 Å². The number of carbonyl (C=O) groups excluding carboxylic acids is 4. The highest BCUT2D eigenvalue weighted by Gasteiger charge is 2.58. The Kier molecular flexibility index (Phi) is 5.66. The zero-order valence-corrected chi connectivity index (χ0v) is 20.5. The van der Waals surface area contributed by atoms with Crippen LogP contribution in [0.4, 0.5) is 15.3 Å². The van der Waals surface area contributed by atoms with Gasteiger partial charge in [0.05, 0.1) is 18.0 Å². The van der Waals surface area contributed by atoms with Crippen molar-refractivity contribution in [3.05, 3.63) is 44.6 Å².